The van der Waals surface area contributed by atoms with Crippen LogP contribution >= 0.6 is 0 Å². The first-order valence-corrected chi connectivity index (χ1v) is 11.0. The molecule has 0 saturated heterocycles. The molecule has 0 spiro atoms. The Morgan fingerprint density at radius 2 is 1.69 bits per heavy atom. The second-order valence-electron chi connectivity index (χ2n) is 8.56. The van der Waals surface area contributed by atoms with Crippen LogP contribution in [0.3, 0.4) is 0 Å². The Labute approximate surface area is 203 Å². The van der Waals surface area contributed by atoms with Crippen LogP contribution < -0.4 is 20.7 Å². The molecule has 3 N–H and O–H groups in total. The van der Waals surface area contributed by atoms with E-state index in [4.69, 9.17) is 9.47 Å². The van der Waals surface area contributed by atoms with Gasteiger partial charge in [-0.25, -0.2) is 14.2 Å². The number of ether oxygens (including phenoxy) is 2. The number of benzene rings is 2. The van der Waals surface area contributed by atoms with Crippen LogP contribution in [0.15, 0.2) is 54.7 Å². The summed E-state index contributed by atoms with van der Waals surface area (Å²) in [6.45, 7) is 7.07. The number of Topliss-reactive ketones (excluding diaryl/α,β-unsaturated/α-hetero) is 1. The highest BCUT2D eigenvalue weighted by Crippen LogP contribution is 2.24. The summed E-state index contributed by atoms with van der Waals surface area (Å²) in [4.78, 5) is 31.7. The summed E-state index contributed by atoms with van der Waals surface area (Å²) in [6, 6.07) is 13.6. The van der Waals surface area contributed by atoms with Gasteiger partial charge in [-0.15, -0.1) is 0 Å². The fourth-order valence-corrected chi connectivity index (χ4v) is 2.81. The molecule has 0 saturated carbocycles. The minimum absolute atomic E-state index is 0.00805. The molecule has 0 aliphatic heterocycles. The molecule has 0 radical (unpaired) electrons. The van der Waals surface area contributed by atoms with E-state index in [0.717, 1.165) is 6.20 Å². The normalized spacial score (nSPS) is 10.9. The Morgan fingerprint density at radius 1 is 1.00 bits per heavy atom. The Morgan fingerprint density at radius 3 is 2.40 bits per heavy atom. The molecule has 0 aliphatic carbocycles. The zero-order valence-corrected chi connectivity index (χ0v) is 20.0. The lowest BCUT2D eigenvalue weighted by atomic mass is 10.2. The maximum Gasteiger partial charge on any atom is 0.412 e. The summed E-state index contributed by atoms with van der Waals surface area (Å²) in [5.74, 6) is -0.0642. The Bertz CT molecular complexity index is 1200. The third kappa shape index (κ3) is 8.26. The molecule has 0 unspecified atom stereocenters. The van der Waals surface area contributed by atoms with Gasteiger partial charge in [-0.1, -0.05) is 19.1 Å². The number of carbonyl (C=O) groups excluding carboxylic acids is 2. The molecule has 0 fully saturated rings. The average molecular weight is 482 g/mol. The first-order valence-electron chi connectivity index (χ1n) is 11.0. The quantitative estimate of drug-likeness (QED) is 0.351. The molecule has 3 aromatic rings. The fourth-order valence-electron chi connectivity index (χ4n) is 2.81. The van der Waals surface area contributed by atoms with Gasteiger partial charge in [-0.05, 0) is 51.1 Å². The van der Waals surface area contributed by atoms with Gasteiger partial charge in [-0.2, -0.15) is 4.98 Å². The van der Waals surface area contributed by atoms with E-state index in [2.05, 4.69) is 25.9 Å². The number of nitrogens with zero attached hydrogens (tertiary/aromatic N) is 2. The van der Waals surface area contributed by atoms with Crippen LogP contribution in [0.2, 0.25) is 0 Å². The predicted molar refractivity (Wildman–Crippen MR) is 132 cm³/mol. The molecule has 2 aromatic carbocycles. The van der Waals surface area contributed by atoms with Crippen LogP contribution in [0, 0.1) is 5.82 Å². The molecule has 10 heteroatoms. The van der Waals surface area contributed by atoms with Crippen LogP contribution in [-0.4, -0.2) is 34.1 Å². The molecule has 0 bridgehead atoms. The molecule has 1 amide bonds. The average Bonchev–Trinajstić information content (AvgIpc) is 2.79. The van der Waals surface area contributed by atoms with E-state index in [0.29, 0.717) is 29.2 Å². The minimum atomic E-state index is -0.656. The van der Waals surface area contributed by atoms with Crippen LogP contribution in [-0.2, 0) is 9.53 Å². The number of aromatic nitrogens is 2. The lowest BCUT2D eigenvalue weighted by Crippen LogP contribution is -2.27. The van der Waals surface area contributed by atoms with E-state index in [1.54, 1.807) is 76.2 Å². The molecule has 1 aromatic heterocycles. The van der Waals surface area contributed by atoms with Gasteiger partial charge in [0, 0.05) is 29.5 Å². The molecule has 0 aliphatic rings. The lowest BCUT2D eigenvalue weighted by molar-refractivity contribution is -0.120. The highest BCUT2D eigenvalue weighted by Gasteiger charge is 2.16. The van der Waals surface area contributed by atoms with E-state index in [9.17, 15) is 14.0 Å². The zero-order valence-electron chi connectivity index (χ0n) is 20.0. The van der Waals surface area contributed by atoms with Crippen molar-refractivity contribution < 1.29 is 23.5 Å². The van der Waals surface area contributed by atoms with Crippen molar-refractivity contribution in [1.82, 2.24) is 9.97 Å². The zero-order chi connectivity index (χ0) is 25.4. The summed E-state index contributed by atoms with van der Waals surface area (Å²) < 4.78 is 25.1. The SMILES string of the molecule is CCC(=O)COc1cccc(Nc2ncc(F)c(Nc3cccc(NC(=O)OC(C)(C)C)c3)n2)c1. The predicted octanol–water partition coefficient (Wildman–Crippen LogP) is 5.81. The number of ketones is 1. The van der Waals surface area contributed by atoms with Crippen molar-refractivity contribution in [3.63, 3.8) is 0 Å². The van der Waals surface area contributed by atoms with Crippen LogP contribution in [0.25, 0.3) is 0 Å². The van der Waals surface area contributed by atoms with E-state index in [1.165, 1.54) is 0 Å². The largest absolute Gasteiger partial charge is 0.486 e. The second-order valence-corrected chi connectivity index (χ2v) is 8.56. The number of hydrogen-bond donors (Lipinski definition) is 3. The highest BCUT2D eigenvalue weighted by atomic mass is 19.1. The maximum atomic E-state index is 14.4. The summed E-state index contributed by atoms with van der Waals surface area (Å²) in [5.41, 5.74) is 0.938. The number of halogens is 1. The molecule has 9 nitrogen and oxygen atoms in total. The van der Waals surface area contributed by atoms with Gasteiger partial charge >= 0.3 is 6.09 Å². The number of carbonyl (C=O) groups is 2. The minimum Gasteiger partial charge on any atom is -0.486 e. The van der Waals surface area contributed by atoms with Crippen LogP contribution in [0.1, 0.15) is 34.1 Å². The molecule has 3 rings (SSSR count). The number of nitrogens with one attached hydrogen (secondary N) is 3. The smallest absolute Gasteiger partial charge is 0.412 e. The summed E-state index contributed by atoms with van der Waals surface area (Å²) in [7, 11) is 0. The molecule has 1 heterocycles. The van der Waals surface area contributed by atoms with Gasteiger partial charge in [0.1, 0.15) is 18.0 Å². The number of amides is 1. The van der Waals surface area contributed by atoms with Crippen LogP contribution in [0.5, 0.6) is 5.75 Å². The Hall–Kier alpha value is -4.21. The fraction of sp³-hybridized carbons (Fsp3) is 0.280. The number of rotatable bonds is 9. The second kappa shape index (κ2) is 11.3. The molecular formula is C25H28FN5O4. The third-order valence-electron chi connectivity index (χ3n) is 4.40. The topological polar surface area (TPSA) is 114 Å². The van der Waals surface area contributed by atoms with Gasteiger partial charge < -0.3 is 20.1 Å². The van der Waals surface area contributed by atoms with E-state index < -0.39 is 17.5 Å². The van der Waals surface area contributed by atoms with Crippen molar-refractivity contribution in [3.8, 4) is 5.75 Å². The van der Waals surface area contributed by atoms with Crippen molar-refractivity contribution in [2.45, 2.75) is 39.7 Å². The van der Waals surface area contributed by atoms with Gasteiger partial charge in [0.15, 0.2) is 17.4 Å². The number of hydrogen-bond acceptors (Lipinski definition) is 8. The monoisotopic (exact) mass is 481 g/mol. The summed E-state index contributed by atoms with van der Waals surface area (Å²) in [6.07, 6.45) is 0.845. The van der Waals surface area contributed by atoms with Gasteiger partial charge in [0.25, 0.3) is 0 Å². The maximum absolute atomic E-state index is 14.4. The Balaban J connectivity index is 1.69. The standard InChI is InChI=1S/C25H28FN5O4/c1-5-19(32)15-34-20-11-7-10-18(13-20)29-23-27-14-21(26)22(31-23)28-16-8-6-9-17(12-16)30-24(33)35-25(2,3)4/h6-14H,5,15H2,1-4H3,(H,30,33)(H2,27,28,29,31). The summed E-state index contributed by atoms with van der Waals surface area (Å²) in [5, 5.41) is 8.52. The first-order chi connectivity index (χ1) is 16.6. The molecular weight excluding hydrogens is 453 g/mol. The summed E-state index contributed by atoms with van der Waals surface area (Å²) >= 11 is 0. The highest BCUT2D eigenvalue weighted by molar-refractivity contribution is 5.86. The van der Waals surface area contributed by atoms with Crippen molar-refractivity contribution in [2.24, 2.45) is 0 Å². The van der Waals surface area contributed by atoms with Gasteiger partial charge in [0.2, 0.25) is 5.95 Å². The molecule has 35 heavy (non-hydrogen) atoms. The van der Waals surface area contributed by atoms with Gasteiger partial charge in [-0.3, -0.25) is 10.1 Å². The number of anilines is 5. The molecule has 0 atom stereocenters. The lowest BCUT2D eigenvalue weighted by Gasteiger charge is -2.19. The van der Waals surface area contributed by atoms with Gasteiger partial charge in [0.05, 0.1) is 6.20 Å². The molecule has 184 valence electrons. The first kappa shape index (κ1) is 25.4. The van der Waals surface area contributed by atoms with E-state index >= 15 is 0 Å². The van der Waals surface area contributed by atoms with Crippen molar-refractivity contribution in [3.05, 3.63) is 60.5 Å². The van der Waals surface area contributed by atoms with E-state index in [-0.39, 0.29) is 24.2 Å². The third-order valence-corrected chi connectivity index (χ3v) is 4.40. The van der Waals surface area contributed by atoms with Crippen molar-refractivity contribution in [1.29, 1.82) is 0 Å². The van der Waals surface area contributed by atoms with Crippen molar-refractivity contribution >= 4 is 40.7 Å². The van der Waals surface area contributed by atoms with E-state index in [1.807, 2.05) is 0 Å². The van der Waals surface area contributed by atoms with Crippen molar-refractivity contribution in [2.75, 3.05) is 22.6 Å². The Kier molecular flexibility index (Phi) is 8.19. The van der Waals surface area contributed by atoms with Crippen LogP contribution in [0.4, 0.5) is 38.0 Å².